The molecule has 6 nitrogen and oxygen atoms in total. The maximum atomic E-state index is 12.1. The lowest BCUT2D eigenvalue weighted by Crippen LogP contribution is -2.43. The average Bonchev–Trinajstić information content (AvgIpc) is 3.03. The SMILES string of the molecule is O=C(O)C1CCC1C(=O)NCc1ccc(-c2nc3ccccc3[nH]2)cc1. The minimum Gasteiger partial charge on any atom is -0.481 e. The average molecular weight is 349 g/mol. The van der Waals surface area contributed by atoms with E-state index in [-0.39, 0.29) is 5.91 Å². The van der Waals surface area contributed by atoms with Gasteiger partial charge in [0.05, 0.1) is 22.9 Å². The molecule has 2 aromatic carbocycles. The second-order valence-electron chi connectivity index (χ2n) is 6.65. The van der Waals surface area contributed by atoms with Crippen molar-refractivity contribution in [1.82, 2.24) is 15.3 Å². The highest BCUT2D eigenvalue weighted by molar-refractivity contribution is 5.86. The maximum Gasteiger partial charge on any atom is 0.307 e. The van der Waals surface area contributed by atoms with Gasteiger partial charge in [-0.1, -0.05) is 36.4 Å². The van der Waals surface area contributed by atoms with E-state index in [0.717, 1.165) is 28.0 Å². The number of carbonyl (C=O) groups is 2. The number of hydrogen-bond acceptors (Lipinski definition) is 3. The number of hydrogen-bond donors (Lipinski definition) is 3. The lowest BCUT2D eigenvalue weighted by Gasteiger charge is -2.31. The number of benzene rings is 2. The summed E-state index contributed by atoms with van der Waals surface area (Å²) in [7, 11) is 0. The van der Waals surface area contributed by atoms with Crippen LogP contribution >= 0.6 is 0 Å². The molecule has 6 heteroatoms. The van der Waals surface area contributed by atoms with E-state index in [0.29, 0.717) is 19.4 Å². The Morgan fingerprint density at radius 1 is 1.08 bits per heavy atom. The lowest BCUT2D eigenvalue weighted by atomic mass is 9.73. The molecule has 1 amide bonds. The van der Waals surface area contributed by atoms with Crippen LogP contribution in [0.3, 0.4) is 0 Å². The van der Waals surface area contributed by atoms with Crippen LogP contribution in [0.15, 0.2) is 48.5 Å². The second-order valence-corrected chi connectivity index (χ2v) is 6.65. The molecule has 4 rings (SSSR count). The van der Waals surface area contributed by atoms with Crippen molar-refractivity contribution in [3.8, 4) is 11.4 Å². The van der Waals surface area contributed by atoms with Crippen molar-refractivity contribution in [2.75, 3.05) is 0 Å². The summed E-state index contributed by atoms with van der Waals surface area (Å²) in [6, 6.07) is 15.7. The molecule has 1 fully saturated rings. The van der Waals surface area contributed by atoms with E-state index >= 15 is 0 Å². The van der Waals surface area contributed by atoms with Crippen LogP contribution < -0.4 is 5.32 Å². The molecule has 0 bridgehead atoms. The van der Waals surface area contributed by atoms with Gasteiger partial charge in [-0.2, -0.15) is 0 Å². The van der Waals surface area contributed by atoms with Gasteiger partial charge in [-0.3, -0.25) is 9.59 Å². The molecule has 2 unspecified atom stereocenters. The van der Waals surface area contributed by atoms with Gasteiger partial charge in [0.15, 0.2) is 0 Å². The summed E-state index contributed by atoms with van der Waals surface area (Å²) in [4.78, 5) is 31.0. The van der Waals surface area contributed by atoms with Gasteiger partial charge in [-0.15, -0.1) is 0 Å². The van der Waals surface area contributed by atoms with Crippen molar-refractivity contribution in [3.63, 3.8) is 0 Å². The molecular weight excluding hydrogens is 330 g/mol. The number of carbonyl (C=O) groups excluding carboxylic acids is 1. The molecule has 0 saturated heterocycles. The zero-order valence-electron chi connectivity index (χ0n) is 14.1. The standard InChI is InChI=1S/C20H19N3O3/c24-19(14-9-10-15(14)20(25)26)21-11-12-5-7-13(8-6-12)18-22-16-3-1-2-4-17(16)23-18/h1-8,14-15H,9-11H2,(H,21,24)(H,22,23)(H,25,26). The number of aromatic amines is 1. The molecule has 132 valence electrons. The van der Waals surface area contributed by atoms with E-state index in [1.807, 2.05) is 48.5 Å². The Labute approximate surface area is 150 Å². The van der Waals surface area contributed by atoms with Crippen molar-refractivity contribution < 1.29 is 14.7 Å². The van der Waals surface area contributed by atoms with Crippen molar-refractivity contribution in [2.45, 2.75) is 19.4 Å². The fraction of sp³-hybridized carbons (Fsp3) is 0.250. The van der Waals surface area contributed by atoms with Gasteiger partial charge in [0.25, 0.3) is 0 Å². The Balaban J connectivity index is 1.40. The molecule has 0 radical (unpaired) electrons. The first-order valence-corrected chi connectivity index (χ1v) is 8.66. The van der Waals surface area contributed by atoms with Gasteiger partial charge in [-0.25, -0.2) is 4.98 Å². The quantitative estimate of drug-likeness (QED) is 0.660. The van der Waals surface area contributed by atoms with Crippen LogP contribution in [0.5, 0.6) is 0 Å². The summed E-state index contributed by atoms with van der Waals surface area (Å²) >= 11 is 0. The van der Waals surface area contributed by atoms with Crippen LogP contribution in [0.4, 0.5) is 0 Å². The number of para-hydroxylation sites is 2. The number of nitrogens with one attached hydrogen (secondary N) is 2. The van der Waals surface area contributed by atoms with Gasteiger partial charge >= 0.3 is 5.97 Å². The second kappa shape index (κ2) is 6.63. The largest absolute Gasteiger partial charge is 0.481 e. The molecule has 26 heavy (non-hydrogen) atoms. The summed E-state index contributed by atoms with van der Waals surface area (Å²) in [5.41, 5.74) is 3.85. The molecular formula is C20H19N3O3. The Morgan fingerprint density at radius 2 is 1.81 bits per heavy atom. The smallest absolute Gasteiger partial charge is 0.307 e. The third-order valence-corrected chi connectivity index (χ3v) is 5.01. The number of fused-ring (bicyclic) bond motifs is 1. The molecule has 0 aliphatic heterocycles. The van der Waals surface area contributed by atoms with Crippen LogP contribution in [-0.2, 0) is 16.1 Å². The molecule has 1 heterocycles. The highest BCUT2D eigenvalue weighted by atomic mass is 16.4. The van der Waals surface area contributed by atoms with Gasteiger partial charge in [0.2, 0.25) is 5.91 Å². The highest BCUT2D eigenvalue weighted by Gasteiger charge is 2.41. The summed E-state index contributed by atoms with van der Waals surface area (Å²) < 4.78 is 0. The van der Waals surface area contributed by atoms with Crippen molar-refractivity contribution in [3.05, 3.63) is 54.1 Å². The maximum absolute atomic E-state index is 12.1. The number of amides is 1. The minimum atomic E-state index is -0.883. The molecule has 3 N–H and O–H groups in total. The lowest BCUT2D eigenvalue weighted by molar-refractivity contribution is -0.152. The predicted molar refractivity (Wildman–Crippen MR) is 97.2 cm³/mol. The van der Waals surface area contributed by atoms with E-state index in [4.69, 9.17) is 5.11 Å². The third-order valence-electron chi connectivity index (χ3n) is 5.01. The number of aromatic nitrogens is 2. The van der Waals surface area contributed by atoms with E-state index < -0.39 is 17.8 Å². The molecule has 2 atom stereocenters. The molecule has 1 aliphatic carbocycles. The summed E-state index contributed by atoms with van der Waals surface area (Å²) in [6.45, 7) is 0.391. The number of carboxylic acids is 1. The zero-order chi connectivity index (χ0) is 18.1. The third kappa shape index (κ3) is 3.06. The first-order valence-electron chi connectivity index (χ1n) is 8.66. The number of nitrogens with zero attached hydrogens (tertiary/aromatic N) is 1. The van der Waals surface area contributed by atoms with Crippen LogP contribution in [-0.4, -0.2) is 27.0 Å². The zero-order valence-corrected chi connectivity index (χ0v) is 14.1. The van der Waals surface area contributed by atoms with Gasteiger partial charge in [0.1, 0.15) is 5.82 Å². The normalized spacial score (nSPS) is 19.1. The van der Waals surface area contributed by atoms with Gasteiger partial charge in [-0.05, 0) is 30.5 Å². The molecule has 1 saturated carbocycles. The van der Waals surface area contributed by atoms with Crippen LogP contribution in [0, 0.1) is 11.8 Å². The Bertz CT molecular complexity index is 929. The Hall–Kier alpha value is -3.15. The van der Waals surface area contributed by atoms with Crippen LogP contribution in [0.1, 0.15) is 18.4 Å². The number of imidazole rings is 1. The summed E-state index contributed by atoms with van der Waals surface area (Å²) in [5.74, 6) is -1.19. The Kier molecular flexibility index (Phi) is 4.16. The minimum absolute atomic E-state index is 0.176. The van der Waals surface area contributed by atoms with Gasteiger partial charge < -0.3 is 15.4 Å². The number of H-pyrrole nitrogens is 1. The van der Waals surface area contributed by atoms with Crippen LogP contribution in [0.2, 0.25) is 0 Å². The highest BCUT2D eigenvalue weighted by Crippen LogP contribution is 2.34. The fourth-order valence-electron chi connectivity index (χ4n) is 3.30. The number of aliphatic carboxylic acids is 1. The summed E-state index contributed by atoms with van der Waals surface area (Å²) in [5, 5.41) is 11.9. The monoisotopic (exact) mass is 349 g/mol. The fourth-order valence-corrected chi connectivity index (χ4v) is 3.30. The first-order chi connectivity index (χ1) is 12.6. The first kappa shape index (κ1) is 16.3. The molecule has 0 spiro atoms. The molecule has 3 aromatic rings. The topological polar surface area (TPSA) is 95.1 Å². The number of carboxylic acid groups (broad SMARTS) is 1. The predicted octanol–water partition coefficient (Wildman–Crippen LogP) is 2.96. The van der Waals surface area contributed by atoms with E-state index in [2.05, 4.69) is 15.3 Å². The van der Waals surface area contributed by atoms with Crippen molar-refractivity contribution >= 4 is 22.9 Å². The summed E-state index contributed by atoms with van der Waals surface area (Å²) in [6.07, 6.45) is 1.23. The Morgan fingerprint density at radius 3 is 2.46 bits per heavy atom. The van der Waals surface area contributed by atoms with E-state index in [9.17, 15) is 9.59 Å². The van der Waals surface area contributed by atoms with E-state index in [1.165, 1.54) is 0 Å². The van der Waals surface area contributed by atoms with E-state index in [1.54, 1.807) is 0 Å². The number of rotatable bonds is 5. The van der Waals surface area contributed by atoms with Crippen molar-refractivity contribution in [2.24, 2.45) is 11.8 Å². The molecule has 1 aromatic heterocycles. The van der Waals surface area contributed by atoms with Gasteiger partial charge in [0, 0.05) is 12.1 Å². The van der Waals surface area contributed by atoms with Crippen LogP contribution in [0.25, 0.3) is 22.4 Å². The van der Waals surface area contributed by atoms with Crippen molar-refractivity contribution in [1.29, 1.82) is 0 Å². The molecule has 1 aliphatic rings.